The zero-order chi connectivity index (χ0) is 14.3. The summed E-state index contributed by atoms with van der Waals surface area (Å²) in [5.41, 5.74) is 0.934. The van der Waals surface area contributed by atoms with E-state index in [0.717, 1.165) is 0 Å². The molecule has 0 radical (unpaired) electrons. The Kier molecular flexibility index (Phi) is 3.47. The van der Waals surface area contributed by atoms with Gasteiger partial charge in [0.2, 0.25) is 0 Å². The SMILES string of the molecule is O=c1cc(CN2CC(O)C(O)C2)nc2ccc(Cl)cn12. The molecule has 0 aromatic carbocycles. The molecule has 3 rings (SSSR count). The smallest absolute Gasteiger partial charge is 0.258 e. The van der Waals surface area contributed by atoms with Crippen LogP contribution in [-0.2, 0) is 6.54 Å². The Bertz CT molecular complexity index is 693. The lowest BCUT2D eigenvalue weighted by molar-refractivity contribution is 0.0572. The number of fused-ring (bicyclic) bond motifs is 1. The van der Waals surface area contributed by atoms with Gasteiger partial charge < -0.3 is 10.2 Å². The van der Waals surface area contributed by atoms with Crippen LogP contribution in [-0.4, -0.2) is 49.8 Å². The summed E-state index contributed by atoms with van der Waals surface area (Å²) < 4.78 is 1.39. The van der Waals surface area contributed by atoms with Gasteiger partial charge in [-0.15, -0.1) is 0 Å². The Morgan fingerprint density at radius 2 is 2.00 bits per heavy atom. The average Bonchev–Trinajstić information content (AvgIpc) is 2.69. The van der Waals surface area contributed by atoms with Crippen molar-refractivity contribution in [3.63, 3.8) is 0 Å². The molecule has 2 aromatic rings. The topological polar surface area (TPSA) is 78.1 Å². The van der Waals surface area contributed by atoms with Gasteiger partial charge in [-0.25, -0.2) is 4.98 Å². The van der Waals surface area contributed by atoms with Crippen LogP contribution in [0, 0.1) is 0 Å². The summed E-state index contributed by atoms with van der Waals surface area (Å²) in [6.45, 7) is 1.17. The van der Waals surface area contributed by atoms with Crippen molar-refractivity contribution < 1.29 is 10.2 Å². The number of rotatable bonds is 2. The second-order valence-electron chi connectivity index (χ2n) is 4.99. The van der Waals surface area contributed by atoms with Gasteiger partial charge in [0.05, 0.1) is 22.9 Å². The number of aliphatic hydroxyl groups excluding tert-OH is 2. The molecule has 2 aromatic heterocycles. The third-order valence-corrected chi connectivity index (χ3v) is 3.62. The normalized spacial score (nSPS) is 23.6. The molecule has 7 heteroatoms. The molecule has 20 heavy (non-hydrogen) atoms. The first-order chi connectivity index (χ1) is 9.52. The highest BCUT2D eigenvalue weighted by molar-refractivity contribution is 6.30. The monoisotopic (exact) mass is 295 g/mol. The van der Waals surface area contributed by atoms with Crippen LogP contribution in [0.1, 0.15) is 5.69 Å². The van der Waals surface area contributed by atoms with Crippen LogP contribution < -0.4 is 5.56 Å². The standard InChI is InChI=1S/C13H14ClN3O3/c14-8-1-2-12-15-9(3-13(20)17(12)4-8)5-16-6-10(18)11(19)7-16/h1-4,10-11,18-19H,5-7H2. The molecular formula is C13H14ClN3O3. The summed E-state index contributed by atoms with van der Waals surface area (Å²) in [5, 5.41) is 19.5. The van der Waals surface area contributed by atoms with Crippen molar-refractivity contribution >= 4 is 17.2 Å². The molecule has 0 saturated carbocycles. The summed E-state index contributed by atoms with van der Waals surface area (Å²) in [6, 6.07) is 4.80. The fourth-order valence-corrected chi connectivity index (χ4v) is 2.57. The van der Waals surface area contributed by atoms with E-state index in [1.807, 2.05) is 4.90 Å². The van der Waals surface area contributed by atoms with Gasteiger partial charge in [0, 0.05) is 31.9 Å². The van der Waals surface area contributed by atoms with E-state index in [2.05, 4.69) is 4.98 Å². The number of hydrogen-bond donors (Lipinski definition) is 2. The molecule has 1 aliphatic heterocycles. The highest BCUT2D eigenvalue weighted by atomic mass is 35.5. The molecule has 1 saturated heterocycles. The summed E-state index contributed by atoms with van der Waals surface area (Å²) in [4.78, 5) is 18.3. The van der Waals surface area contributed by atoms with Crippen LogP contribution in [0.3, 0.4) is 0 Å². The van der Waals surface area contributed by atoms with Crippen molar-refractivity contribution in [1.82, 2.24) is 14.3 Å². The van der Waals surface area contributed by atoms with Gasteiger partial charge in [0.15, 0.2) is 0 Å². The minimum Gasteiger partial charge on any atom is -0.389 e. The quantitative estimate of drug-likeness (QED) is 0.808. The molecule has 2 N–H and O–H groups in total. The fraction of sp³-hybridized carbons (Fsp3) is 0.385. The first kappa shape index (κ1) is 13.5. The Morgan fingerprint density at radius 1 is 1.30 bits per heavy atom. The number of likely N-dealkylation sites (tertiary alicyclic amines) is 1. The van der Waals surface area contributed by atoms with Crippen LogP contribution in [0.15, 0.2) is 29.2 Å². The summed E-state index contributed by atoms with van der Waals surface area (Å²) in [6.07, 6.45) is 0.0463. The first-order valence-electron chi connectivity index (χ1n) is 6.29. The molecule has 1 aliphatic rings. The molecule has 1 fully saturated rings. The third kappa shape index (κ3) is 2.55. The molecule has 106 valence electrons. The van der Waals surface area contributed by atoms with Gasteiger partial charge in [0.1, 0.15) is 5.65 Å². The van der Waals surface area contributed by atoms with E-state index in [1.165, 1.54) is 16.7 Å². The summed E-state index contributed by atoms with van der Waals surface area (Å²) >= 11 is 5.85. The lowest BCUT2D eigenvalue weighted by atomic mass is 10.3. The highest BCUT2D eigenvalue weighted by Gasteiger charge is 2.29. The van der Waals surface area contributed by atoms with Crippen LogP contribution in [0.5, 0.6) is 0 Å². The number of aliphatic hydroxyl groups is 2. The number of β-amino-alcohol motifs (C(OH)–C–C–N with tert-alkyl or cyclic N) is 2. The van der Waals surface area contributed by atoms with Crippen molar-refractivity contribution in [2.45, 2.75) is 18.8 Å². The van der Waals surface area contributed by atoms with Gasteiger partial charge in [-0.3, -0.25) is 14.1 Å². The maximum Gasteiger partial charge on any atom is 0.258 e. The summed E-state index contributed by atoms with van der Waals surface area (Å²) in [5.74, 6) is 0. The molecule has 0 spiro atoms. The minimum absolute atomic E-state index is 0.201. The Morgan fingerprint density at radius 3 is 2.70 bits per heavy atom. The maximum absolute atomic E-state index is 12.0. The van der Waals surface area contributed by atoms with Gasteiger partial charge in [0.25, 0.3) is 5.56 Å². The second-order valence-corrected chi connectivity index (χ2v) is 5.43. The number of hydrogen-bond acceptors (Lipinski definition) is 5. The van der Waals surface area contributed by atoms with E-state index in [1.54, 1.807) is 12.1 Å². The van der Waals surface area contributed by atoms with Crippen LogP contribution in [0.25, 0.3) is 5.65 Å². The Labute approximate surface area is 119 Å². The Balaban J connectivity index is 1.90. The van der Waals surface area contributed by atoms with E-state index >= 15 is 0 Å². The predicted octanol–water partition coefficient (Wildman–Crippen LogP) is -0.115. The largest absolute Gasteiger partial charge is 0.389 e. The Hall–Kier alpha value is -1.47. The molecule has 2 unspecified atom stereocenters. The average molecular weight is 296 g/mol. The van der Waals surface area contributed by atoms with Crippen LogP contribution in [0.4, 0.5) is 0 Å². The van der Waals surface area contributed by atoms with Gasteiger partial charge >= 0.3 is 0 Å². The van der Waals surface area contributed by atoms with E-state index < -0.39 is 12.2 Å². The fourth-order valence-electron chi connectivity index (χ4n) is 2.41. The third-order valence-electron chi connectivity index (χ3n) is 3.40. The van der Waals surface area contributed by atoms with Gasteiger partial charge in [-0.05, 0) is 12.1 Å². The van der Waals surface area contributed by atoms with Crippen molar-refractivity contribution in [2.75, 3.05) is 13.1 Å². The number of halogens is 1. The number of nitrogens with zero attached hydrogens (tertiary/aromatic N) is 3. The lowest BCUT2D eigenvalue weighted by Crippen LogP contribution is -2.24. The van der Waals surface area contributed by atoms with Crippen molar-refractivity contribution in [3.8, 4) is 0 Å². The van der Waals surface area contributed by atoms with Crippen molar-refractivity contribution in [1.29, 1.82) is 0 Å². The summed E-state index contributed by atoms with van der Waals surface area (Å²) in [7, 11) is 0. The zero-order valence-electron chi connectivity index (χ0n) is 10.6. The number of pyridine rings is 1. The first-order valence-corrected chi connectivity index (χ1v) is 6.67. The molecule has 6 nitrogen and oxygen atoms in total. The second kappa shape index (κ2) is 5.14. The van der Waals surface area contributed by atoms with E-state index in [9.17, 15) is 15.0 Å². The van der Waals surface area contributed by atoms with Crippen LogP contribution >= 0.6 is 11.6 Å². The highest BCUT2D eigenvalue weighted by Crippen LogP contribution is 2.13. The van der Waals surface area contributed by atoms with Crippen molar-refractivity contribution in [2.24, 2.45) is 0 Å². The van der Waals surface area contributed by atoms with E-state index in [0.29, 0.717) is 36.0 Å². The predicted molar refractivity (Wildman–Crippen MR) is 73.8 cm³/mol. The maximum atomic E-state index is 12.0. The molecular weight excluding hydrogens is 282 g/mol. The molecule has 3 heterocycles. The van der Waals surface area contributed by atoms with E-state index in [4.69, 9.17) is 11.6 Å². The molecule has 0 aliphatic carbocycles. The molecule has 0 amide bonds. The van der Waals surface area contributed by atoms with Crippen LogP contribution in [0.2, 0.25) is 5.02 Å². The molecule has 2 atom stereocenters. The lowest BCUT2D eigenvalue weighted by Gasteiger charge is -2.14. The zero-order valence-corrected chi connectivity index (χ0v) is 11.4. The molecule has 0 bridgehead atoms. The van der Waals surface area contributed by atoms with Gasteiger partial charge in [-0.2, -0.15) is 0 Å². The van der Waals surface area contributed by atoms with Gasteiger partial charge in [-0.1, -0.05) is 11.6 Å². The number of aromatic nitrogens is 2. The van der Waals surface area contributed by atoms with E-state index in [-0.39, 0.29) is 5.56 Å². The van der Waals surface area contributed by atoms with Crippen molar-refractivity contribution in [3.05, 3.63) is 45.5 Å². The minimum atomic E-state index is -0.740.